The van der Waals surface area contributed by atoms with E-state index in [1.807, 2.05) is 35.7 Å². The Morgan fingerprint density at radius 1 is 1.18 bits per heavy atom. The smallest absolute Gasteiger partial charge is 0.244 e. The van der Waals surface area contributed by atoms with E-state index in [1.54, 1.807) is 13.0 Å². The van der Waals surface area contributed by atoms with E-state index in [2.05, 4.69) is 10.8 Å². The van der Waals surface area contributed by atoms with Gasteiger partial charge in [-0.15, -0.1) is 11.3 Å². The van der Waals surface area contributed by atoms with Gasteiger partial charge in [-0.25, -0.2) is 4.39 Å². The number of fused-ring (bicyclic) bond motifs is 1. The second-order valence-corrected chi connectivity index (χ2v) is 9.52. The van der Waals surface area contributed by atoms with Crippen molar-refractivity contribution >= 4 is 40.4 Å². The largest absolute Gasteiger partial charge is 0.324 e. The van der Waals surface area contributed by atoms with Crippen molar-refractivity contribution in [3.8, 4) is 0 Å². The van der Waals surface area contributed by atoms with E-state index in [-0.39, 0.29) is 18.4 Å². The minimum absolute atomic E-state index is 0.170. The molecule has 170 valence electrons. The van der Waals surface area contributed by atoms with E-state index in [0.717, 1.165) is 10.4 Å². The van der Waals surface area contributed by atoms with Crippen LogP contribution in [-0.4, -0.2) is 29.4 Å². The molecule has 3 heterocycles. The number of thiophene rings is 1. The lowest BCUT2D eigenvalue weighted by Crippen LogP contribution is -2.45. The Hall–Kier alpha value is -2.78. The first-order chi connectivity index (χ1) is 15.9. The predicted octanol–water partition coefficient (Wildman–Crippen LogP) is 4.69. The second-order valence-electron chi connectivity index (χ2n) is 8.13. The van der Waals surface area contributed by atoms with E-state index in [0.29, 0.717) is 16.3 Å². The number of nitrogens with zero attached hydrogens (tertiary/aromatic N) is 1. The molecule has 1 aromatic heterocycles. The van der Waals surface area contributed by atoms with Crippen LogP contribution in [-0.2, 0) is 14.4 Å². The SMILES string of the molecule is CC1ONC(c2ccccc2Cl)C1C(=O)N1CC(=O)Nc2ccc(F)cc2C1c1cccs1. The highest BCUT2D eigenvalue weighted by atomic mass is 35.5. The fourth-order valence-electron chi connectivity index (χ4n) is 4.55. The summed E-state index contributed by atoms with van der Waals surface area (Å²) < 4.78 is 14.3. The third kappa shape index (κ3) is 4.04. The van der Waals surface area contributed by atoms with E-state index in [1.165, 1.54) is 34.4 Å². The molecule has 1 fully saturated rings. The van der Waals surface area contributed by atoms with Crippen molar-refractivity contribution in [2.75, 3.05) is 11.9 Å². The molecule has 6 nitrogen and oxygen atoms in total. The van der Waals surface area contributed by atoms with E-state index in [4.69, 9.17) is 16.4 Å². The van der Waals surface area contributed by atoms with Gasteiger partial charge in [0.1, 0.15) is 12.4 Å². The van der Waals surface area contributed by atoms with Gasteiger partial charge >= 0.3 is 0 Å². The third-order valence-electron chi connectivity index (χ3n) is 6.07. The average molecular weight is 486 g/mol. The van der Waals surface area contributed by atoms with Crippen molar-refractivity contribution in [1.82, 2.24) is 10.4 Å². The first kappa shape index (κ1) is 22.0. The van der Waals surface area contributed by atoms with Crippen LogP contribution < -0.4 is 10.8 Å². The Labute approximate surface area is 199 Å². The summed E-state index contributed by atoms with van der Waals surface area (Å²) in [7, 11) is 0. The normalized spacial score (nSPS) is 24.8. The molecular formula is C24H21ClFN3O3S. The highest BCUT2D eigenvalue weighted by molar-refractivity contribution is 7.10. The molecule has 2 amide bonds. The quantitative estimate of drug-likeness (QED) is 0.564. The van der Waals surface area contributed by atoms with Crippen molar-refractivity contribution in [3.05, 3.63) is 86.8 Å². The standard InChI is InChI=1S/C24H21ClFN3O3S/c1-13-21(22(28-32-13)15-5-2-3-6-17(15)25)24(31)29-12-20(30)27-18-9-8-14(26)11-16(18)23(29)19-7-4-10-33-19/h2-11,13,21-23,28H,12H2,1H3,(H,27,30). The summed E-state index contributed by atoms with van der Waals surface area (Å²) >= 11 is 7.88. The van der Waals surface area contributed by atoms with Gasteiger partial charge in [0.25, 0.3) is 0 Å². The number of carbonyl (C=O) groups excluding carboxylic acids is 2. The number of rotatable bonds is 3. The number of hydrogen-bond acceptors (Lipinski definition) is 5. The lowest BCUT2D eigenvalue weighted by Gasteiger charge is -2.33. The molecule has 2 N–H and O–H groups in total. The summed E-state index contributed by atoms with van der Waals surface area (Å²) in [6, 6.07) is 14.1. The maximum atomic E-state index is 14.3. The van der Waals surface area contributed by atoms with E-state index >= 15 is 0 Å². The van der Waals surface area contributed by atoms with Crippen LogP contribution in [0.25, 0.3) is 0 Å². The molecule has 2 aliphatic heterocycles. The Kier molecular flexibility index (Phi) is 5.92. The molecule has 0 spiro atoms. The Morgan fingerprint density at radius 2 is 2.00 bits per heavy atom. The van der Waals surface area contributed by atoms with E-state index < -0.39 is 29.9 Å². The Morgan fingerprint density at radius 3 is 2.76 bits per heavy atom. The van der Waals surface area contributed by atoms with Crippen molar-refractivity contribution in [1.29, 1.82) is 0 Å². The molecule has 2 aromatic carbocycles. The van der Waals surface area contributed by atoms with Gasteiger partial charge in [-0.2, -0.15) is 5.48 Å². The predicted molar refractivity (Wildman–Crippen MR) is 124 cm³/mol. The fraction of sp³-hybridized carbons (Fsp3) is 0.250. The Bertz CT molecular complexity index is 1210. The monoisotopic (exact) mass is 485 g/mol. The summed E-state index contributed by atoms with van der Waals surface area (Å²) in [5.74, 6) is -1.70. The molecule has 9 heteroatoms. The van der Waals surface area contributed by atoms with Gasteiger partial charge in [0.15, 0.2) is 0 Å². The van der Waals surface area contributed by atoms with Crippen LogP contribution >= 0.6 is 22.9 Å². The van der Waals surface area contributed by atoms with Crippen LogP contribution in [0.2, 0.25) is 5.02 Å². The fourth-order valence-corrected chi connectivity index (χ4v) is 5.66. The van der Waals surface area contributed by atoms with Gasteiger partial charge in [-0.05, 0) is 48.2 Å². The van der Waals surface area contributed by atoms with Crippen LogP contribution in [0.4, 0.5) is 10.1 Å². The number of nitrogens with one attached hydrogen (secondary N) is 2. The lowest BCUT2D eigenvalue weighted by atomic mass is 9.88. The number of anilines is 1. The van der Waals surface area contributed by atoms with Crippen molar-refractivity contribution in [3.63, 3.8) is 0 Å². The number of carbonyl (C=O) groups is 2. The first-order valence-corrected chi connectivity index (χ1v) is 11.8. The average Bonchev–Trinajstić information content (AvgIpc) is 3.42. The van der Waals surface area contributed by atoms with Gasteiger partial charge in [0.2, 0.25) is 11.8 Å². The van der Waals surface area contributed by atoms with Crippen LogP contribution in [0.15, 0.2) is 60.0 Å². The lowest BCUT2D eigenvalue weighted by molar-refractivity contribution is -0.141. The summed E-state index contributed by atoms with van der Waals surface area (Å²) in [5.41, 5.74) is 4.71. The summed E-state index contributed by atoms with van der Waals surface area (Å²) in [5, 5.41) is 5.23. The van der Waals surface area contributed by atoms with Crippen LogP contribution in [0.1, 0.15) is 35.0 Å². The molecule has 0 bridgehead atoms. The summed E-state index contributed by atoms with van der Waals surface area (Å²) in [6.45, 7) is 1.63. The summed E-state index contributed by atoms with van der Waals surface area (Å²) in [6.07, 6.45) is -0.471. The molecule has 4 atom stereocenters. The van der Waals surface area contributed by atoms with Gasteiger partial charge in [-0.3, -0.25) is 14.4 Å². The number of amides is 2. The number of benzene rings is 2. The highest BCUT2D eigenvalue weighted by Crippen LogP contribution is 2.42. The molecule has 1 saturated heterocycles. The minimum Gasteiger partial charge on any atom is -0.324 e. The van der Waals surface area contributed by atoms with Gasteiger partial charge < -0.3 is 10.2 Å². The molecule has 0 saturated carbocycles. The molecule has 4 unspecified atom stereocenters. The van der Waals surface area contributed by atoms with Crippen molar-refractivity contribution in [2.24, 2.45) is 5.92 Å². The zero-order valence-electron chi connectivity index (χ0n) is 17.6. The van der Waals surface area contributed by atoms with Gasteiger partial charge in [0, 0.05) is 21.2 Å². The molecular weight excluding hydrogens is 465 g/mol. The van der Waals surface area contributed by atoms with Gasteiger partial charge in [-0.1, -0.05) is 35.9 Å². The number of halogens is 2. The Balaban J connectivity index is 1.60. The van der Waals surface area contributed by atoms with Crippen molar-refractivity contribution < 1.29 is 18.8 Å². The van der Waals surface area contributed by atoms with Crippen LogP contribution in [0, 0.1) is 11.7 Å². The minimum atomic E-state index is -0.643. The third-order valence-corrected chi connectivity index (χ3v) is 7.34. The second kappa shape index (κ2) is 8.87. The number of hydroxylamine groups is 1. The van der Waals surface area contributed by atoms with Crippen LogP contribution in [0.5, 0.6) is 0 Å². The molecule has 0 radical (unpaired) electrons. The topological polar surface area (TPSA) is 70.7 Å². The summed E-state index contributed by atoms with van der Waals surface area (Å²) in [4.78, 5) is 34.9. The number of hydrogen-bond donors (Lipinski definition) is 2. The first-order valence-electron chi connectivity index (χ1n) is 10.5. The maximum Gasteiger partial charge on any atom is 0.244 e. The molecule has 33 heavy (non-hydrogen) atoms. The highest BCUT2D eigenvalue weighted by Gasteiger charge is 2.46. The molecule has 0 aliphatic carbocycles. The zero-order chi connectivity index (χ0) is 23.1. The molecule has 2 aliphatic rings. The zero-order valence-corrected chi connectivity index (χ0v) is 19.2. The van der Waals surface area contributed by atoms with Crippen LogP contribution in [0.3, 0.4) is 0 Å². The van der Waals surface area contributed by atoms with E-state index in [9.17, 15) is 14.0 Å². The maximum absolute atomic E-state index is 14.3. The van der Waals surface area contributed by atoms with Gasteiger partial charge in [0.05, 0.1) is 24.1 Å². The molecule has 5 rings (SSSR count). The van der Waals surface area contributed by atoms with Crippen molar-refractivity contribution in [2.45, 2.75) is 25.1 Å². The molecule has 3 aromatic rings.